The second-order valence-corrected chi connectivity index (χ2v) is 4.57. The topological polar surface area (TPSA) is 74.5 Å². The third-order valence-corrected chi connectivity index (χ3v) is 3.10. The SMILES string of the molecule is Cl.Nc1nccn1Cc1cn(-c2ccc(C(F)F)c(F)c2)nn1. The Morgan fingerprint density at radius 2 is 2.04 bits per heavy atom. The number of hydrogen-bond donors (Lipinski definition) is 1. The Morgan fingerprint density at radius 1 is 1.26 bits per heavy atom. The van der Waals surface area contributed by atoms with Crippen LogP contribution in [0.2, 0.25) is 0 Å². The Hall–Kier alpha value is -2.55. The minimum atomic E-state index is -2.86. The summed E-state index contributed by atoms with van der Waals surface area (Å²) in [6, 6.07) is 3.38. The largest absolute Gasteiger partial charge is 0.369 e. The van der Waals surface area contributed by atoms with Gasteiger partial charge in [0, 0.05) is 18.5 Å². The van der Waals surface area contributed by atoms with Crippen molar-refractivity contribution in [3.05, 3.63) is 53.9 Å². The lowest BCUT2D eigenvalue weighted by atomic mass is 10.2. The molecule has 2 aromatic heterocycles. The fraction of sp³-hybridized carbons (Fsp3) is 0.154. The number of hydrogen-bond acceptors (Lipinski definition) is 4. The summed E-state index contributed by atoms with van der Waals surface area (Å²) in [6.45, 7) is 0.351. The smallest absolute Gasteiger partial charge is 0.266 e. The summed E-state index contributed by atoms with van der Waals surface area (Å²) < 4.78 is 41.6. The molecule has 6 nitrogen and oxygen atoms in total. The highest BCUT2D eigenvalue weighted by atomic mass is 35.5. The molecule has 0 radical (unpaired) electrons. The molecule has 0 atom stereocenters. The quantitative estimate of drug-likeness (QED) is 0.789. The summed E-state index contributed by atoms with van der Waals surface area (Å²) in [4.78, 5) is 3.88. The van der Waals surface area contributed by atoms with Gasteiger partial charge in [-0.3, -0.25) is 0 Å². The molecular formula is C13H12ClF3N6. The molecule has 0 amide bonds. The van der Waals surface area contributed by atoms with Gasteiger partial charge in [0.05, 0.1) is 24.0 Å². The molecular weight excluding hydrogens is 333 g/mol. The van der Waals surface area contributed by atoms with Gasteiger partial charge >= 0.3 is 0 Å². The van der Waals surface area contributed by atoms with Crippen LogP contribution in [-0.2, 0) is 6.54 Å². The lowest BCUT2D eigenvalue weighted by Crippen LogP contribution is -2.03. The molecule has 0 unspecified atom stereocenters. The molecule has 0 bridgehead atoms. The van der Waals surface area contributed by atoms with Crippen LogP contribution < -0.4 is 5.73 Å². The molecule has 0 fully saturated rings. The number of anilines is 1. The van der Waals surface area contributed by atoms with Gasteiger partial charge in [0.25, 0.3) is 6.43 Å². The van der Waals surface area contributed by atoms with Gasteiger partial charge in [0.1, 0.15) is 11.5 Å². The second kappa shape index (κ2) is 6.69. The fourth-order valence-electron chi connectivity index (χ4n) is 1.98. The zero-order valence-electron chi connectivity index (χ0n) is 11.6. The van der Waals surface area contributed by atoms with E-state index in [-0.39, 0.29) is 12.4 Å². The molecule has 0 aliphatic heterocycles. The van der Waals surface area contributed by atoms with Crippen molar-refractivity contribution in [3.63, 3.8) is 0 Å². The van der Waals surface area contributed by atoms with Gasteiger partial charge < -0.3 is 10.3 Å². The van der Waals surface area contributed by atoms with Gasteiger partial charge in [-0.15, -0.1) is 17.5 Å². The normalized spacial score (nSPS) is 10.8. The van der Waals surface area contributed by atoms with Crippen LogP contribution >= 0.6 is 12.4 Å². The number of rotatable bonds is 4. The minimum Gasteiger partial charge on any atom is -0.369 e. The van der Waals surface area contributed by atoms with Crippen LogP contribution in [0, 0.1) is 5.82 Å². The van der Waals surface area contributed by atoms with E-state index in [1.165, 1.54) is 10.7 Å². The lowest BCUT2D eigenvalue weighted by molar-refractivity contribution is 0.146. The molecule has 0 spiro atoms. The van der Waals surface area contributed by atoms with Crippen LogP contribution in [0.1, 0.15) is 17.7 Å². The van der Waals surface area contributed by atoms with Crippen molar-refractivity contribution in [3.8, 4) is 5.69 Å². The lowest BCUT2D eigenvalue weighted by Gasteiger charge is -2.04. The molecule has 3 rings (SSSR count). The standard InChI is InChI=1S/C13H11F3N6.ClH/c14-11-5-9(1-2-10(11)12(15)16)22-7-8(19-20-22)6-21-4-3-18-13(21)17;/h1-5,7,12H,6H2,(H2,17,18);1H. The van der Waals surface area contributed by atoms with Crippen molar-refractivity contribution in [1.82, 2.24) is 24.5 Å². The molecule has 0 aliphatic carbocycles. The summed E-state index contributed by atoms with van der Waals surface area (Å²) in [5.41, 5.74) is 5.88. The molecule has 3 aromatic rings. The van der Waals surface area contributed by atoms with Gasteiger partial charge in [0.15, 0.2) is 5.95 Å². The highest BCUT2D eigenvalue weighted by Gasteiger charge is 2.14. The Balaban J connectivity index is 0.00000192. The first-order valence-electron chi connectivity index (χ1n) is 6.30. The van der Waals surface area contributed by atoms with Crippen LogP contribution in [0.5, 0.6) is 0 Å². The Morgan fingerprint density at radius 3 is 2.65 bits per heavy atom. The van der Waals surface area contributed by atoms with Crippen molar-refractivity contribution in [2.45, 2.75) is 13.0 Å². The van der Waals surface area contributed by atoms with Crippen LogP contribution in [0.3, 0.4) is 0 Å². The number of nitrogens with zero attached hydrogens (tertiary/aromatic N) is 5. The van der Waals surface area contributed by atoms with E-state index in [9.17, 15) is 13.2 Å². The highest BCUT2D eigenvalue weighted by Crippen LogP contribution is 2.23. The minimum absolute atomic E-state index is 0. The number of imidazole rings is 1. The molecule has 0 aliphatic rings. The predicted octanol–water partition coefficient (Wildman–Crippen LogP) is 2.59. The predicted molar refractivity (Wildman–Crippen MR) is 79.3 cm³/mol. The number of aromatic nitrogens is 5. The van der Waals surface area contributed by atoms with Crippen molar-refractivity contribution < 1.29 is 13.2 Å². The third-order valence-electron chi connectivity index (χ3n) is 3.10. The number of nitrogen functional groups attached to an aromatic ring is 1. The second-order valence-electron chi connectivity index (χ2n) is 4.57. The highest BCUT2D eigenvalue weighted by molar-refractivity contribution is 5.85. The van der Waals surface area contributed by atoms with Gasteiger partial charge in [-0.1, -0.05) is 5.21 Å². The third kappa shape index (κ3) is 3.45. The molecule has 10 heteroatoms. The first-order chi connectivity index (χ1) is 10.5. The van der Waals surface area contributed by atoms with Crippen molar-refractivity contribution in [2.24, 2.45) is 0 Å². The van der Waals surface area contributed by atoms with Crippen molar-refractivity contribution in [1.29, 1.82) is 0 Å². The Bertz CT molecular complexity index is 801. The maximum Gasteiger partial charge on any atom is 0.266 e. The van der Waals surface area contributed by atoms with Crippen LogP contribution in [0.4, 0.5) is 19.1 Å². The van der Waals surface area contributed by atoms with E-state index >= 15 is 0 Å². The average Bonchev–Trinajstić information content (AvgIpc) is 3.09. The first-order valence-corrected chi connectivity index (χ1v) is 6.30. The summed E-state index contributed by atoms with van der Waals surface area (Å²) in [6.07, 6.45) is 1.95. The summed E-state index contributed by atoms with van der Waals surface area (Å²) in [7, 11) is 0. The zero-order valence-corrected chi connectivity index (χ0v) is 12.4. The molecule has 0 saturated heterocycles. The molecule has 2 heterocycles. The fourth-order valence-corrected chi connectivity index (χ4v) is 1.98. The van der Waals surface area contributed by atoms with Crippen molar-refractivity contribution in [2.75, 3.05) is 5.73 Å². The number of nitrogens with two attached hydrogens (primary N) is 1. The van der Waals surface area contributed by atoms with E-state index in [4.69, 9.17) is 5.73 Å². The van der Waals surface area contributed by atoms with E-state index in [1.807, 2.05) is 0 Å². The van der Waals surface area contributed by atoms with Gasteiger partial charge in [-0.2, -0.15) is 0 Å². The number of halogens is 4. The van der Waals surface area contributed by atoms with E-state index in [2.05, 4.69) is 15.3 Å². The Kier molecular flexibility index (Phi) is 4.89. The summed E-state index contributed by atoms with van der Waals surface area (Å²) in [5, 5.41) is 7.78. The molecule has 2 N–H and O–H groups in total. The monoisotopic (exact) mass is 344 g/mol. The van der Waals surface area contributed by atoms with E-state index in [1.54, 1.807) is 23.2 Å². The van der Waals surface area contributed by atoms with Gasteiger partial charge in [-0.25, -0.2) is 22.8 Å². The zero-order chi connectivity index (χ0) is 15.7. The molecule has 23 heavy (non-hydrogen) atoms. The maximum atomic E-state index is 13.6. The van der Waals surface area contributed by atoms with Crippen LogP contribution in [0.15, 0.2) is 36.8 Å². The van der Waals surface area contributed by atoms with Gasteiger partial charge in [-0.05, 0) is 12.1 Å². The Labute approximate surface area is 135 Å². The molecule has 1 aromatic carbocycles. The maximum absolute atomic E-state index is 13.6. The van der Waals surface area contributed by atoms with E-state index in [0.29, 0.717) is 23.9 Å². The van der Waals surface area contributed by atoms with E-state index in [0.717, 1.165) is 12.1 Å². The van der Waals surface area contributed by atoms with E-state index < -0.39 is 17.8 Å². The van der Waals surface area contributed by atoms with Crippen LogP contribution in [0.25, 0.3) is 5.69 Å². The summed E-state index contributed by atoms with van der Waals surface area (Å²) in [5.74, 6) is -0.648. The van der Waals surface area contributed by atoms with Gasteiger partial charge in [0.2, 0.25) is 0 Å². The summed E-state index contributed by atoms with van der Waals surface area (Å²) >= 11 is 0. The average molecular weight is 345 g/mol. The number of benzene rings is 1. The first kappa shape index (κ1) is 16.8. The molecule has 122 valence electrons. The van der Waals surface area contributed by atoms with Crippen LogP contribution in [-0.4, -0.2) is 24.5 Å². The van der Waals surface area contributed by atoms with Crippen molar-refractivity contribution >= 4 is 18.4 Å². The molecule has 0 saturated carbocycles. The number of alkyl halides is 2.